The predicted octanol–water partition coefficient (Wildman–Crippen LogP) is 3.37. The summed E-state index contributed by atoms with van der Waals surface area (Å²) in [6, 6.07) is 11.1. The van der Waals surface area contributed by atoms with Gasteiger partial charge in [-0.3, -0.25) is 9.59 Å². The molecule has 1 amide bonds. The number of nitrogens with zero attached hydrogens (tertiary/aromatic N) is 1. The highest BCUT2D eigenvalue weighted by Gasteiger charge is 2.27. The van der Waals surface area contributed by atoms with Crippen LogP contribution in [0.25, 0.3) is 11.5 Å². The molecular weight excluding hydrogens is 418 g/mol. The highest BCUT2D eigenvalue weighted by atomic mass is 32.2. The Balaban J connectivity index is 1.58. The topological polar surface area (TPSA) is 112 Å². The molecule has 3 heterocycles. The van der Waals surface area contributed by atoms with Crippen molar-refractivity contribution in [3.63, 3.8) is 0 Å². The molecule has 2 aromatic heterocycles. The summed E-state index contributed by atoms with van der Waals surface area (Å²) in [5.74, 6) is -0.146. The van der Waals surface area contributed by atoms with Gasteiger partial charge in [0.25, 0.3) is 11.5 Å². The number of carbonyl (C=O) groups is 1. The molecule has 9 heteroatoms. The van der Waals surface area contributed by atoms with Crippen LogP contribution in [-0.2, 0) is 10.0 Å². The second-order valence-electron chi connectivity index (χ2n) is 7.49. The van der Waals surface area contributed by atoms with Crippen LogP contribution in [-0.4, -0.2) is 36.7 Å². The van der Waals surface area contributed by atoms with Gasteiger partial charge >= 0.3 is 0 Å². The summed E-state index contributed by atoms with van der Waals surface area (Å²) in [6.07, 6.45) is 4.19. The fourth-order valence-corrected chi connectivity index (χ4v) is 5.39. The minimum atomic E-state index is -3.65. The lowest BCUT2D eigenvalue weighted by Gasteiger charge is -2.26. The molecule has 2 N–H and O–H groups in total. The van der Waals surface area contributed by atoms with E-state index in [4.69, 9.17) is 4.42 Å². The minimum Gasteiger partial charge on any atom is -0.463 e. The molecular formula is C22H23N3O5S. The Bertz CT molecular complexity index is 1260. The van der Waals surface area contributed by atoms with E-state index in [0.29, 0.717) is 35.8 Å². The summed E-state index contributed by atoms with van der Waals surface area (Å²) in [5.41, 5.74) is 0.706. The zero-order valence-corrected chi connectivity index (χ0v) is 17.9. The zero-order chi connectivity index (χ0) is 22.0. The lowest BCUT2D eigenvalue weighted by atomic mass is 10.2. The van der Waals surface area contributed by atoms with Crippen LogP contribution in [0.15, 0.2) is 62.8 Å². The second kappa shape index (κ2) is 8.52. The molecule has 1 fully saturated rings. The molecule has 3 aromatic rings. The maximum atomic E-state index is 13.1. The number of rotatable bonds is 5. The third-order valence-corrected chi connectivity index (χ3v) is 7.36. The number of aromatic nitrogens is 1. The van der Waals surface area contributed by atoms with E-state index in [1.54, 1.807) is 37.3 Å². The Labute approximate surface area is 180 Å². The van der Waals surface area contributed by atoms with Gasteiger partial charge in [-0.15, -0.1) is 0 Å². The highest BCUT2D eigenvalue weighted by molar-refractivity contribution is 7.89. The van der Waals surface area contributed by atoms with E-state index < -0.39 is 21.5 Å². The number of hydrogen-bond donors (Lipinski definition) is 2. The van der Waals surface area contributed by atoms with E-state index in [-0.39, 0.29) is 10.5 Å². The third kappa shape index (κ3) is 4.33. The number of benzene rings is 1. The van der Waals surface area contributed by atoms with Crippen LogP contribution in [0, 0.1) is 6.92 Å². The number of aryl methyl sites for hydroxylation is 1. The number of H-pyrrole nitrogens is 1. The lowest BCUT2D eigenvalue weighted by Crippen LogP contribution is -2.36. The van der Waals surface area contributed by atoms with Crippen LogP contribution >= 0.6 is 0 Å². The van der Waals surface area contributed by atoms with Crippen molar-refractivity contribution in [2.75, 3.05) is 18.4 Å². The number of piperidine rings is 1. The van der Waals surface area contributed by atoms with Gasteiger partial charge in [-0.2, -0.15) is 4.31 Å². The van der Waals surface area contributed by atoms with Crippen LogP contribution in [0.4, 0.5) is 5.69 Å². The molecule has 0 atom stereocenters. The Morgan fingerprint density at radius 3 is 2.55 bits per heavy atom. The van der Waals surface area contributed by atoms with Gasteiger partial charge in [0, 0.05) is 18.8 Å². The number of aromatic amines is 1. The highest BCUT2D eigenvalue weighted by Crippen LogP contribution is 2.26. The average molecular weight is 442 g/mol. The van der Waals surface area contributed by atoms with Crippen LogP contribution in [0.1, 0.15) is 35.2 Å². The maximum absolute atomic E-state index is 13.1. The quantitative estimate of drug-likeness (QED) is 0.630. The van der Waals surface area contributed by atoms with E-state index in [2.05, 4.69) is 10.3 Å². The monoisotopic (exact) mass is 441 g/mol. The zero-order valence-electron chi connectivity index (χ0n) is 17.1. The molecule has 31 heavy (non-hydrogen) atoms. The smallest absolute Gasteiger partial charge is 0.261 e. The van der Waals surface area contributed by atoms with E-state index in [1.807, 2.05) is 0 Å². The summed E-state index contributed by atoms with van der Waals surface area (Å²) < 4.78 is 32.9. The number of hydrogen-bond acceptors (Lipinski definition) is 5. The van der Waals surface area contributed by atoms with Gasteiger partial charge in [-0.05, 0) is 61.7 Å². The molecule has 8 nitrogen and oxygen atoms in total. The largest absolute Gasteiger partial charge is 0.463 e. The average Bonchev–Trinajstić information content (AvgIpc) is 3.30. The number of sulfonamides is 1. The van der Waals surface area contributed by atoms with E-state index in [9.17, 15) is 18.0 Å². The Kier molecular flexibility index (Phi) is 5.79. The summed E-state index contributed by atoms with van der Waals surface area (Å²) >= 11 is 0. The van der Waals surface area contributed by atoms with E-state index >= 15 is 0 Å². The van der Waals surface area contributed by atoms with Gasteiger partial charge in [-0.25, -0.2) is 8.42 Å². The fraction of sp³-hybridized carbons (Fsp3) is 0.273. The number of nitrogens with one attached hydrogen (secondary N) is 2. The lowest BCUT2D eigenvalue weighted by molar-refractivity contribution is 0.102. The van der Waals surface area contributed by atoms with Crippen molar-refractivity contribution in [2.45, 2.75) is 31.1 Å². The first-order chi connectivity index (χ1) is 14.9. The summed E-state index contributed by atoms with van der Waals surface area (Å²) in [4.78, 5) is 27.8. The van der Waals surface area contributed by atoms with Gasteiger partial charge in [0.15, 0.2) is 0 Å². The van der Waals surface area contributed by atoms with E-state index in [1.165, 1.54) is 22.7 Å². The van der Waals surface area contributed by atoms with Crippen LogP contribution in [0.3, 0.4) is 0 Å². The standard InChI is InChI=1S/C22H23N3O5S/c1-15-7-8-16(14-20(15)31(28,29)25-11-3-2-4-12-25)23-21(26)17-9-10-18(24-22(17)27)19-6-5-13-30-19/h5-10,13-14H,2-4,11-12H2,1H3,(H,23,26)(H,24,27). The van der Waals surface area contributed by atoms with Crippen LogP contribution < -0.4 is 10.9 Å². The molecule has 0 bridgehead atoms. The molecule has 1 saturated heterocycles. The van der Waals surface area contributed by atoms with Gasteiger partial charge in [0.2, 0.25) is 10.0 Å². The van der Waals surface area contributed by atoms with Crippen molar-refractivity contribution in [1.29, 1.82) is 0 Å². The first-order valence-electron chi connectivity index (χ1n) is 10.1. The minimum absolute atomic E-state index is 0.0867. The fourth-order valence-electron chi connectivity index (χ4n) is 3.63. The van der Waals surface area contributed by atoms with Crippen molar-refractivity contribution in [2.24, 2.45) is 0 Å². The molecule has 0 radical (unpaired) electrons. The number of anilines is 1. The first-order valence-corrected chi connectivity index (χ1v) is 11.5. The molecule has 0 saturated carbocycles. The Morgan fingerprint density at radius 1 is 1.10 bits per heavy atom. The molecule has 162 valence electrons. The van der Waals surface area contributed by atoms with Crippen molar-refractivity contribution < 1.29 is 17.6 Å². The Hall–Kier alpha value is -3.17. The van der Waals surface area contributed by atoms with Gasteiger partial charge < -0.3 is 14.7 Å². The predicted molar refractivity (Wildman–Crippen MR) is 117 cm³/mol. The van der Waals surface area contributed by atoms with Gasteiger partial charge in [-0.1, -0.05) is 12.5 Å². The molecule has 0 unspecified atom stereocenters. The number of carbonyl (C=O) groups excluding carboxylic acids is 1. The third-order valence-electron chi connectivity index (χ3n) is 5.32. The van der Waals surface area contributed by atoms with E-state index in [0.717, 1.165) is 19.3 Å². The number of furan rings is 1. The van der Waals surface area contributed by atoms with Crippen molar-refractivity contribution in [3.05, 3.63) is 70.2 Å². The molecule has 0 spiro atoms. The number of amides is 1. The van der Waals surface area contributed by atoms with Crippen molar-refractivity contribution in [1.82, 2.24) is 9.29 Å². The summed E-state index contributed by atoms with van der Waals surface area (Å²) in [5, 5.41) is 2.63. The molecule has 1 aliphatic heterocycles. The Morgan fingerprint density at radius 2 is 1.87 bits per heavy atom. The summed E-state index contributed by atoms with van der Waals surface area (Å²) in [7, 11) is -3.65. The molecule has 0 aliphatic carbocycles. The summed E-state index contributed by atoms with van der Waals surface area (Å²) in [6.45, 7) is 2.71. The van der Waals surface area contributed by atoms with Crippen molar-refractivity contribution in [3.8, 4) is 11.5 Å². The van der Waals surface area contributed by atoms with Crippen LogP contribution in [0.5, 0.6) is 0 Å². The molecule has 4 rings (SSSR count). The molecule has 1 aliphatic rings. The maximum Gasteiger partial charge on any atom is 0.261 e. The van der Waals surface area contributed by atoms with Gasteiger partial charge in [0.1, 0.15) is 11.3 Å². The second-order valence-corrected chi connectivity index (χ2v) is 9.40. The normalized spacial score (nSPS) is 15.0. The first kappa shape index (κ1) is 21.1. The molecule has 1 aromatic carbocycles. The van der Waals surface area contributed by atoms with Gasteiger partial charge in [0.05, 0.1) is 16.9 Å². The van der Waals surface area contributed by atoms with Crippen molar-refractivity contribution >= 4 is 21.6 Å². The van der Waals surface area contributed by atoms with Crippen LogP contribution in [0.2, 0.25) is 0 Å². The number of pyridine rings is 1. The SMILES string of the molecule is Cc1ccc(NC(=O)c2ccc(-c3ccco3)[nH]c2=O)cc1S(=O)(=O)N1CCCCC1.